The molecule has 0 radical (unpaired) electrons. The van der Waals surface area contributed by atoms with E-state index in [1.54, 1.807) is 12.1 Å². The standard InChI is InChI=1S/C18H20N2O3S/c1-13(21)19-16-9-11-17(12-10-16)24(22,23)20-18(15-7-8-15)14-5-3-2-4-6-14/h2-6,9-12,15,18,20H,7-8H2,1H3,(H,19,21)/t18-/m0/s1. The third-order valence-electron chi connectivity index (χ3n) is 4.02. The van der Waals surface area contributed by atoms with Crippen LogP contribution < -0.4 is 10.0 Å². The molecule has 1 saturated carbocycles. The topological polar surface area (TPSA) is 75.3 Å². The van der Waals surface area contributed by atoms with Crippen LogP contribution in [0.25, 0.3) is 0 Å². The minimum absolute atomic E-state index is 0.193. The molecule has 1 atom stereocenters. The highest BCUT2D eigenvalue weighted by molar-refractivity contribution is 7.89. The Morgan fingerprint density at radius 2 is 1.67 bits per heavy atom. The minimum Gasteiger partial charge on any atom is -0.326 e. The third kappa shape index (κ3) is 4.01. The molecule has 0 aliphatic heterocycles. The monoisotopic (exact) mass is 344 g/mol. The normalized spacial score (nSPS) is 15.7. The first-order valence-electron chi connectivity index (χ1n) is 7.90. The number of amides is 1. The Balaban J connectivity index is 1.80. The SMILES string of the molecule is CC(=O)Nc1ccc(S(=O)(=O)N[C@@H](c2ccccc2)C2CC2)cc1. The lowest BCUT2D eigenvalue weighted by Crippen LogP contribution is -2.30. The Hall–Kier alpha value is -2.18. The molecule has 0 heterocycles. The maximum absolute atomic E-state index is 12.7. The number of anilines is 1. The summed E-state index contributed by atoms with van der Waals surface area (Å²) in [7, 11) is -3.62. The molecule has 1 amide bonds. The van der Waals surface area contributed by atoms with Gasteiger partial charge in [-0.05, 0) is 48.6 Å². The van der Waals surface area contributed by atoms with Crippen molar-refractivity contribution < 1.29 is 13.2 Å². The van der Waals surface area contributed by atoms with Gasteiger partial charge in [-0.25, -0.2) is 13.1 Å². The first-order chi connectivity index (χ1) is 11.5. The van der Waals surface area contributed by atoms with E-state index in [4.69, 9.17) is 0 Å². The van der Waals surface area contributed by atoms with E-state index in [0.717, 1.165) is 18.4 Å². The summed E-state index contributed by atoms with van der Waals surface area (Å²) in [6.07, 6.45) is 2.06. The molecule has 126 valence electrons. The fraction of sp³-hybridized carbons (Fsp3) is 0.278. The number of carbonyl (C=O) groups is 1. The quantitative estimate of drug-likeness (QED) is 0.845. The van der Waals surface area contributed by atoms with Crippen molar-refractivity contribution in [1.29, 1.82) is 0 Å². The summed E-state index contributed by atoms with van der Waals surface area (Å²) in [6.45, 7) is 1.41. The summed E-state index contributed by atoms with van der Waals surface area (Å²) in [5.41, 5.74) is 1.56. The first kappa shape index (κ1) is 16.7. The highest BCUT2D eigenvalue weighted by atomic mass is 32.2. The lowest BCUT2D eigenvalue weighted by molar-refractivity contribution is -0.114. The van der Waals surface area contributed by atoms with Gasteiger partial charge in [0.1, 0.15) is 0 Å². The molecule has 0 unspecified atom stereocenters. The van der Waals surface area contributed by atoms with Crippen LogP contribution >= 0.6 is 0 Å². The summed E-state index contributed by atoms with van der Waals surface area (Å²) < 4.78 is 28.2. The molecule has 3 rings (SSSR count). The molecule has 6 heteroatoms. The van der Waals surface area contributed by atoms with Gasteiger partial charge in [0.05, 0.1) is 4.90 Å². The molecule has 0 spiro atoms. The predicted octanol–water partition coefficient (Wildman–Crippen LogP) is 3.07. The van der Waals surface area contributed by atoms with Crippen molar-refractivity contribution in [3.05, 3.63) is 60.2 Å². The van der Waals surface area contributed by atoms with Crippen LogP contribution in [-0.4, -0.2) is 14.3 Å². The van der Waals surface area contributed by atoms with Crippen LogP contribution in [0.15, 0.2) is 59.5 Å². The molecule has 2 N–H and O–H groups in total. The Morgan fingerprint density at radius 3 is 2.21 bits per heavy atom. The van der Waals surface area contributed by atoms with Crippen LogP contribution in [0.3, 0.4) is 0 Å². The third-order valence-corrected chi connectivity index (χ3v) is 5.48. The van der Waals surface area contributed by atoms with Crippen molar-refractivity contribution in [1.82, 2.24) is 4.72 Å². The Morgan fingerprint density at radius 1 is 1.04 bits per heavy atom. The van der Waals surface area contributed by atoms with Crippen molar-refractivity contribution >= 4 is 21.6 Å². The van der Waals surface area contributed by atoms with Gasteiger partial charge in [0.15, 0.2) is 0 Å². The number of sulfonamides is 1. The highest BCUT2D eigenvalue weighted by Gasteiger charge is 2.35. The summed E-state index contributed by atoms with van der Waals surface area (Å²) >= 11 is 0. The summed E-state index contributed by atoms with van der Waals surface area (Å²) in [4.78, 5) is 11.2. The number of hydrogen-bond donors (Lipinski definition) is 2. The molecule has 2 aromatic carbocycles. The van der Waals surface area contributed by atoms with E-state index in [0.29, 0.717) is 11.6 Å². The van der Waals surface area contributed by atoms with Crippen molar-refractivity contribution in [2.24, 2.45) is 5.92 Å². The molecular weight excluding hydrogens is 324 g/mol. The number of rotatable bonds is 6. The molecule has 1 aliphatic rings. The molecule has 1 fully saturated rings. The van der Waals surface area contributed by atoms with Gasteiger partial charge in [0.2, 0.25) is 15.9 Å². The van der Waals surface area contributed by atoms with Crippen LogP contribution in [-0.2, 0) is 14.8 Å². The van der Waals surface area contributed by atoms with E-state index >= 15 is 0 Å². The lowest BCUT2D eigenvalue weighted by Gasteiger charge is -2.19. The number of nitrogens with one attached hydrogen (secondary N) is 2. The Bertz CT molecular complexity index is 813. The zero-order valence-corrected chi connectivity index (χ0v) is 14.2. The predicted molar refractivity (Wildman–Crippen MR) is 93.0 cm³/mol. The van der Waals surface area contributed by atoms with E-state index in [1.807, 2.05) is 30.3 Å². The van der Waals surface area contributed by atoms with E-state index in [2.05, 4.69) is 10.0 Å². The average molecular weight is 344 g/mol. The summed E-state index contributed by atoms with van der Waals surface area (Å²) in [5, 5.41) is 2.62. The highest BCUT2D eigenvalue weighted by Crippen LogP contribution is 2.41. The van der Waals surface area contributed by atoms with Gasteiger partial charge in [0.25, 0.3) is 0 Å². The van der Waals surface area contributed by atoms with E-state index in [1.165, 1.54) is 19.1 Å². The van der Waals surface area contributed by atoms with Gasteiger partial charge in [-0.3, -0.25) is 4.79 Å². The maximum Gasteiger partial charge on any atom is 0.241 e. The van der Waals surface area contributed by atoms with Crippen molar-refractivity contribution in [3.8, 4) is 0 Å². The van der Waals surface area contributed by atoms with Gasteiger partial charge in [-0.15, -0.1) is 0 Å². The summed E-state index contributed by atoms with van der Waals surface area (Å²) in [5.74, 6) is 0.155. The molecule has 0 aromatic heterocycles. The fourth-order valence-electron chi connectivity index (χ4n) is 2.68. The van der Waals surface area contributed by atoms with Gasteiger partial charge in [0, 0.05) is 18.7 Å². The van der Waals surface area contributed by atoms with Crippen molar-refractivity contribution in [3.63, 3.8) is 0 Å². The molecule has 0 saturated heterocycles. The van der Waals surface area contributed by atoms with Gasteiger partial charge < -0.3 is 5.32 Å². The van der Waals surface area contributed by atoms with Crippen LogP contribution in [0, 0.1) is 5.92 Å². The lowest BCUT2D eigenvalue weighted by atomic mass is 10.0. The molecule has 5 nitrogen and oxygen atoms in total. The van der Waals surface area contributed by atoms with E-state index in [-0.39, 0.29) is 16.8 Å². The second-order valence-corrected chi connectivity index (χ2v) is 7.77. The smallest absolute Gasteiger partial charge is 0.241 e. The van der Waals surface area contributed by atoms with Crippen LogP contribution in [0.5, 0.6) is 0 Å². The van der Waals surface area contributed by atoms with Crippen molar-refractivity contribution in [2.45, 2.75) is 30.7 Å². The zero-order valence-electron chi connectivity index (χ0n) is 13.4. The maximum atomic E-state index is 12.7. The van der Waals surface area contributed by atoms with Gasteiger partial charge in [-0.1, -0.05) is 30.3 Å². The number of benzene rings is 2. The van der Waals surface area contributed by atoms with Crippen LogP contribution in [0.4, 0.5) is 5.69 Å². The van der Waals surface area contributed by atoms with E-state index in [9.17, 15) is 13.2 Å². The van der Waals surface area contributed by atoms with Crippen molar-refractivity contribution in [2.75, 3.05) is 5.32 Å². The van der Waals surface area contributed by atoms with E-state index < -0.39 is 10.0 Å². The van der Waals surface area contributed by atoms with Crippen LogP contribution in [0.2, 0.25) is 0 Å². The second-order valence-electron chi connectivity index (χ2n) is 6.05. The first-order valence-corrected chi connectivity index (χ1v) is 9.39. The largest absolute Gasteiger partial charge is 0.326 e. The van der Waals surface area contributed by atoms with Gasteiger partial charge in [-0.2, -0.15) is 0 Å². The Labute approximate surface area is 142 Å². The molecular formula is C18H20N2O3S. The average Bonchev–Trinajstić information content (AvgIpc) is 3.38. The zero-order chi connectivity index (χ0) is 17.2. The number of carbonyl (C=O) groups excluding carboxylic acids is 1. The molecule has 24 heavy (non-hydrogen) atoms. The minimum atomic E-state index is -3.62. The molecule has 0 bridgehead atoms. The molecule has 1 aliphatic carbocycles. The number of hydrogen-bond acceptors (Lipinski definition) is 3. The van der Waals surface area contributed by atoms with Gasteiger partial charge >= 0.3 is 0 Å². The molecule has 2 aromatic rings. The fourth-order valence-corrected chi connectivity index (χ4v) is 3.98. The van der Waals surface area contributed by atoms with Crippen LogP contribution in [0.1, 0.15) is 31.4 Å². The second kappa shape index (κ2) is 6.75. The summed E-state index contributed by atoms with van der Waals surface area (Å²) in [6, 6.07) is 15.6. The Kier molecular flexibility index (Phi) is 4.69.